The molecule has 2 N–H and O–H groups in total. The summed E-state index contributed by atoms with van der Waals surface area (Å²) in [7, 11) is 1.57. The molecule has 0 spiro atoms. The van der Waals surface area contributed by atoms with Gasteiger partial charge in [-0.3, -0.25) is 9.59 Å². The van der Waals surface area contributed by atoms with Crippen LogP contribution < -0.4 is 4.74 Å². The van der Waals surface area contributed by atoms with Crippen LogP contribution in [-0.2, 0) is 11.2 Å². The molecule has 3 rings (SSSR count). The monoisotopic (exact) mass is 383 g/mol. The summed E-state index contributed by atoms with van der Waals surface area (Å²) in [5.41, 5.74) is 0.897. The van der Waals surface area contributed by atoms with Crippen LogP contribution in [0.2, 0.25) is 0 Å². The SMILES string of the molecule is COc1ccc(C(=O)N2CC[C@](Cc3ccccc3)(C(=O)O)[C@H](O)C2)cc1C. The largest absolute Gasteiger partial charge is 0.496 e. The number of benzene rings is 2. The maximum absolute atomic E-state index is 12.9. The molecule has 1 saturated heterocycles. The number of carbonyl (C=O) groups excluding carboxylic acids is 1. The van der Waals surface area contributed by atoms with Crippen LogP contribution in [0.25, 0.3) is 0 Å². The molecule has 1 fully saturated rings. The van der Waals surface area contributed by atoms with E-state index in [9.17, 15) is 19.8 Å². The molecule has 2 atom stereocenters. The van der Waals surface area contributed by atoms with Gasteiger partial charge < -0.3 is 19.8 Å². The molecule has 0 bridgehead atoms. The van der Waals surface area contributed by atoms with E-state index in [0.717, 1.165) is 11.1 Å². The molecule has 0 radical (unpaired) electrons. The first kappa shape index (κ1) is 19.9. The fraction of sp³-hybridized carbons (Fsp3) is 0.364. The van der Waals surface area contributed by atoms with Gasteiger partial charge in [0.2, 0.25) is 0 Å². The highest BCUT2D eigenvalue weighted by molar-refractivity contribution is 5.95. The predicted octanol–water partition coefficient (Wildman–Crippen LogP) is 2.52. The number of amides is 1. The summed E-state index contributed by atoms with van der Waals surface area (Å²) in [6.07, 6.45) is -0.727. The second kappa shape index (κ2) is 8.02. The van der Waals surface area contributed by atoms with Crippen LogP contribution in [0.3, 0.4) is 0 Å². The fourth-order valence-electron chi connectivity index (χ4n) is 3.85. The Morgan fingerprint density at radius 2 is 1.93 bits per heavy atom. The zero-order valence-electron chi connectivity index (χ0n) is 16.1. The van der Waals surface area contributed by atoms with Gasteiger partial charge in [-0.1, -0.05) is 30.3 Å². The van der Waals surface area contributed by atoms with Crippen molar-refractivity contribution in [3.63, 3.8) is 0 Å². The van der Waals surface area contributed by atoms with Gasteiger partial charge in [-0.2, -0.15) is 0 Å². The summed E-state index contributed by atoms with van der Waals surface area (Å²) in [6, 6.07) is 14.4. The van der Waals surface area contributed by atoms with E-state index in [-0.39, 0.29) is 31.8 Å². The molecular formula is C22H25NO5. The Balaban J connectivity index is 1.78. The van der Waals surface area contributed by atoms with Crippen molar-refractivity contribution in [2.75, 3.05) is 20.2 Å². The van der Waals surface area contributed by atoms with E-state index in [1.807, 2.05) is 37.3 Å². The van der Waals surface area contributed by atoms with Gasteiger partial charge in [0.1, 0.15) is 11.2 Å². The van der Waals surface area contributed by atoms with Crippen LogP contribution in [-0.4, -0.2) is 53.3 Å². The van der Waals surface area contributed by atoms with Crippen LogP contribution in [0.5, 0.6) is 5.75 Å². The minimum Gasteiger partial charge on any atom is -0.496 e. The zero-order chi connectivity index (χ0) is 20.3. The molecule has 0 aliphatic carbocycles. The molecule has 1 aliphatic heterocycles. The number of rotatable bonds is 5. The molecular weight excluding hydrogens is 358 g/mol. The van der Waals surface area contributed by atoms with Crippen molar-refractivity contribution >= 4 is 11.9 Å². The van der Waals surface area contributed by atoms with Gasteiger partial charge >= 0.3 is 5.97 Å². The Bertz CT molecular complexity index is 866. The van der Waals surface area contributed by atoms with Gasteiger partial charge in [-0.25, -0.2) is 0 Å². The number of aliphatic hydroxyl groups is 1. The Morgan fingerprint density at radius 3 is 2.50 bits per heavy atom. The number of β-amino-alcohol motifs (C(OH)–C–C–N with tert-alkyl or cyclic N) is 1. The number of ether oxygens (including phenoxy) is 1. The first-order chi connectivity index (χ1) is 13.4. The van der Waals surface area contributed by atoms with E-state index in [2.05, 4.69) is 0 Å². The summed E-state index contributed by atoms with van der Waals surface area (Å²) in [5, 5.41) is 20.6. The predicted molar refractivity (Wildman–Crippen MR) is 104 cm³/mol. The lowest BCUT2D eigenvalue weighted by molar-refractivity contribution is -0.161. The molecule has 2 aromatic carbocycles. The van der Waals surface area contributed by atoms with Crippen molar-refractivity contribution in [2.24, 2.45) is 5.41 Å². The summed E-state index contributed by atoms with van der Waals surface area (Å²) in [4.78, 5) is 26.5. The molecule has 0 saturated carbocycles. The number of carbonyl (C=O) groups is 2. The molecule has 1 heterocycles. The Labute approximate surface area is 164 Å². The van der Waals surface area contributed by atoms with Crippen LogP contribution in [0.4, 0.5) is 0 Å². The quantitative estimate of drug-likeness (QED) is 0.829. The molecule has 28 heavy (non-hydrogen) atoms. The molecule has 1 amide bonds. The number of likely N-dealkylation sites (tertiary alicyclic amines) is 1. The van der Waals surface area contributed by atoms with E-state index in [4.69, 9.17) is 4.74 Å². The third-order valence-corrected chi connectivity index (χ3v) is 5.58. The highest BCUT2D eigenvalue weighted by Crippen LogP contribution is 2.36. The van der Waals surface area contributed by atoms with Gasteiger partial charge in [0.05, 0.1) is 13.2 Å². The van der Waals surface area contributed by atoms with Gasteiger partial charge in [-0.05, 0) is 49.1 Å². The second-order valence-electron chi connectivity index (χ2n) is 7.33. The van der Waals surface area contributed by atoms with Crippen molar-refractivity contribution in [1.29, 1.82) is 0 Å². The zero-order valence-corrected chi connectivity index (χ0v) is 16.1. The molecule has 6 heteroatoms. The number of nitrogens with zero attached hydrogens (tertiary/aromatic N) is 1. The van der Waals surface area contributed by atoms with Crippen molar-refractivity contribution in [1.82, 2.24) is 4.90 Å². The van der Waals surface area contributed by atoms with Gasteiger partial charge in [0, 0.05) is 18.7 Å². The first-order valence-corrected chi connectivity index (χ1v) is 9.26. The number of aryl methyl sites for hydroxylation is 1. The Hall–Kier alpha value is -2.86. The third-order valence-electron chi connectivity index (χ3n) is 5.58. The lowest BCUT2D eigenvalue weighted by Gasteiger charge is -2.43. The van der Waals surface area contributed by atoms with E-state index in [0.29, 0.717) is 11.3 Å². The van der Waals surface area contributed by atoms with Gasteiger partial charge in [0.15, 0.2) is 0 Å². The standard InChI is InChI=1S/C22H25NO5/c1-15-12-17(8-9-18(15)28-2)20(25)23-11-10-22(21(26)27,19(24)14-23)13-16-6-4-3-5-7-16/h3-9,12,19,24H,10-11,13-14H2,1-2H3,(H,26,27)/t19-,22-/m1/s1. The van der Waals surface area contributed by atoms with Crippen LogP contribution in [0.15, 0.2) is 48.5 Å². The highest BCUT2D eigenvalue weighted by atomic mass is 16.5. The lowest BCUT2D eigenvalue weighted by atomic mass is 9.71. The number of methoxy groups -OCH3 is 1. The number of aliphatic hydroxyl groups excluding tert-OH is 1. The highest BCUT2D eigenvalue weighted by Gasteiger charge is 2.49. The average Bonchev–Trinajstić information content (AvgIpc) is 2.69. The van der Waals surface area contributed by atoms with Crippen LogP contribution in [0.1, 0.15) is 27.9 Å². The van der Waals surface area contributed by atoms with Crippen molar-refractivity contribution in [3.05, 3.63) is 65.2 Å². The molecule has 1 aliphatic rings. The van der Waals surface area contributed by atoms with Crippen molar-refractivity contribution in [3.8, 4) is 5.75 Å². The number of carboxylic acid groups (broad SMARTS) is 1. The topological polar surface area (TPSA) is 87.1 Å². The molecule has 6 nitrogen and oxygen atoms in total. The number of aliphatic carboxylic acids is 1. The van der Waals surface area contributed by atoms with E-state index >= 15 is 0 Å². The number of piperidine rings is 1. The number of carboxylic acids is 1. The Morgan fingerprint density at radius 1 is 1.21 bits per heavy atom. The number of hydrogen-bond acceptors (Lipinski definition) is 4. The van der Waals surface area contributed by atoms with Crippen molar-refractivity contribution in [2.45, 2.75) is 25.9 Å². The summed E-state index contributed by atoms with van der Waals surface area (Å²) in [5.74, 6) is -0.553. The average molecular weight is 383 g/mol. The van der Waals surface area contributed by atoms with Crippen LogP contribution >= 0.6 is 0 Å². The molecule has 148 valence electrons. The van der Waals surface area contributed by atoms with E-state index in [1.165, 1.54) is 4.90 Å². The molecule has 2 aromatic rings. The summed E-state index contributed by atoms with van der Waals surface area (Å²) < 4.78 is 5.22. The Kier molecular flexibility index (Phi) is 5.70. The van der Waals surface area contributed by atoms with Crippen LogP contribution in [0, 0.1) is 12.3 Å². The lowest BCUT2D eigenvalue weighted by Crippen LogP contribution is -2.57. The van der Waals surface area contributed by atoms with Crippen molar-refractivity contribution < 1.29 is 24.5 Å². The molecule has 0 aromatic heterocycles. The maximum atomic E-state index is 12.9. The molecule has 0 unspecified atom stereocenters. The second-order valence-corrected chi connectivity index (χ2v) is 7.33. The van der Waals surface area contributed by atoms with E-state index in [1.54, 1.807) is 25.3 Å². The summed E-state index contributed by atoms with van der Waals surface area (Å²) in [6.45, 7) is 2.12. The van der Waals surface area contributed by atoms with E-state index < -0.39 is 17.5 Å². The minimum absolute atomic E-state index is 0.0109. The van der Waals surface area contributed by atoms with Gasteiger partial charge in [-0.15, -0.1) is 0 Å². The summed E-state index contributed by atoms with van der Waals surface area (Å²) >= 11 is 0. The van der Waals surface area contributed by atoms with Gasteiger partial charge in [0.25, 0.3) is 5.91 Å². The fourth-order valence-corrected chi connectivity index (χ4v) is 3.85. The smallest absolute Gasteiger partial charge is 0.312 e. The first-order valence-electron chi connectivity index (χ1n) is 9.26. The third kappa shape index (κ3) is 3.73. The minimum atomic E-state index is -1.30. The number of hydrogen-bond donors (Lipinski definition) is 2. The maximum Gasteiger partial charge on any atom is 0.312 e. The normalized spacial score (nSPS) is 22.0.